The maximum absolute atomic E-state index is 12.1. The quantitative estimate of drug-likeness (QED) is 0.760. The summed E-state index contributed by atoms with van der Waals surface area (Å²) in [4.78, 5) is 12.1. The van der Waals surface area contributed by atoms with Crippen molar-refractivity contribution < 1.29 is 9.53 Å². The van der Waals surface area contributed by atoms with Crippen molar-refractivity contribution in [3.63, 3.8) is 0 Å². The van der Waals surface area contributed by atoms with Crippen LogP contribution in [0.2, 0.25) is 0 Å². The smallest absolute Gasteiger partial charge is 0.224 e. The molecule has 2 N–H and O–H groups in total. The van der Waals surface area contributed by atoms with Crippen LogP contribution in [0.15, 0.2) is 48.7 Å². The molecule has 2 aromatic carbocycles. The number of ether oxygens (including phenoxy) is 1. The summed E-state index contributed by atoms with van der Waals surface area (Å²) in [6, 6.07) is 13.4. The van der Waals surface area contributed by atoms with E-state index in [1.807, 2.05) is 42.5 Å². The van der Waals surface area contributed by atoms with Crippen LogP contribution in [0.25, 0.3) is 10.9 Å². The third-order valence-electron chi connectivity index (χ3n) is 3.54. The molecule has 0 unspecified atom stereocenters. The number of aryl methyl sites for hydroxylation is 1. The molecule has 1 amide bonds. The topological polar surface area (TPSA) is 67.0 Å². The van der Waals surface area contributed by atoms with Crippen LogP contribution in [0.4, 0.5) is 5.69 Å². The molecule has 5 heteroatoms. The summed E-state index contributed by atoms with van der Waals surface area (Å²) in [6.45, 7) is 0. The van der Waals surface area contributed by atoms with Gasteiger partial charge in [0.2, 0.25) is 5.91 Å². The zero-order valence-electron chi connectivity index (χ0n) is 12.3. The fraction of sp³-hybridized carbons (Fsp3) is 0.176. The third-order valence-corrected chi connectivity index (χ3v) is 3.54. The standard InChI is InChI=1S/C17H17N3O2/c1-22-16-5-3-2-4-12(16)7-9-17(21)19-14-8-6-13-11-18-20-15(13)10-14/h2-6,8,10-11H,7,9H2,1H3,(H,18,20)(H,19,21). The van der Waals surface area contributed by atoms with E-state index >= 15 is 0 Å². The number of aromatic amines is 1. The highest BCUT2D eigenvalue weighted by Crippen LogP contribution is 2.20. The Morgan fingerprint density at radius 1 is 1.27 bits per heavy atom. The van der Waals surface area contributed by atoms with E-state index < -0.39 is 0 Å². The van der Waals surface area contributed by atoms with E-state index in [-0.39, 0.29) is 5.91 Å². The number of nitrogens with one attached hydrogen (secondary N) is 2. The predicted octanol–water partition coefficient (Wildman–Crippen LogP) is 3.14. The molecule has 0 radical (unpaired) electrons. The second-order valence-electron chi connectivity index (χ2n) is 5.03. The Kier molecular flexibility index (Phi) is 4.05. The van der Waals surface area contributed by atoms with E-state index in [2.05, 4.69) is 15.5 Å². The second kappa shape index (κ2) is 6.30. The summed E-state index contributed by atoms with van der Waals surface area (Å²) >= 11 is 0. The SMILES string of the molecule is COc1ccccc1CCC(=O)Nc1ccc2cn[nH]c2c1. The third kappa shape index (κ3) is 3.09. The average Bonchev–Trinajstić information content (AvgIpc) is 3.01. The molecule has 0 saturated carbocycles. The molecule has 0 aliphatic rings. The lowest BCUT2D eigenvalue weighted by atomic mass is 10.1. The van der Waals surface area contributed by atoms with E-state index in [0.29, 0.717) is 12.8 Å². The summed E-state index contributed by atoms with van der Waals surface area (Å²) in [7, 11) is 1.64. The highest BCUT2D eigenvalue weighted by molar-refractivity contribution is 5.93. The zero-order valence-corrected chi connectivity index (χ0v) is 12.3. The molecule has 112 valence electrons. The van der Waals surface area contributed by atoms with Crippen molar-refractivity contribution in [2.24, 2.45) is 0 Å². The number of hydrogen-bond donors (Lipinski definition) is 2. The van der Waals surface area contributed by atoms with Gasteiger partial charge in [-0.1, -0.05) is 18.2 Å². The Morgan fingerprint density at radius 3 is 3.00 bits per heavy atom. The van der Waals surface area contributed by atoms with Crippen molar-refractivity contribution in [1.82, 2.24) is 10.2 Å². The predicted molar refractivity (Wildman–Crippen MR) is 86.0 cm³/mol. The number of rotatable bonds is 5. The summed E-state index contributed by atoms with van der Waals surface area (Å²) in [5.41, 5.74) is 2.70. The van der Waals surface area contributed by atoms with E-state index in [4.69, 9.17) is 4.74 Å². The Bertz CT molecular complexity index is 795. The maximum Gasteiger partial charge on any atom is 0.224 e. The first-order chi connectivity index (χ1) is 10.8. The molecule has 1 heterocycles. The molecule has 0 atom stereocenters. The molecule has 0 aliphatic heterocycles. The Morgan fingerprint density at radius 2 is 2.14 bits per heavy atom. The maximum atomic E-state index is 12.1. The number of aromatic nitrogens is 2. The van der Waals surface area contributed by atoms with E-state index in [1.165, 1.54) is 0 Å². The number of hydrogen-bond acceptors (Lipinski definition) is 3. The van der Waals surface area contributed by atoms with Gasteiger partial charge in [-0.3, -0.25) is 9.89 Å². The highest BCUT2D eigenvalue weighted by atomic mass is 16.5. The first kappa shape index (κ1) is 14.1. The summed E-state index contributed by atoms with van der Waals surface area (Å²) < 4.78 is 5.29. The lowest BCUT2D eigenvalue weighted by molar-refractivity contribution is -0.116. The van der Waals surface area contributed by atoms with Crippen LogP contribution in [0.3, 0.4) is 0 Å². The Hall–Kier alpha value is -2.82. The number of benzene rings is 2. The second-order valence-corrected chi connectivity index (χ2v) is 5.03. The minimum Gasteiger partial charge on any atom is -0.496 e. The highest BCUT2D eigenvalue weighted by Gasteiger charge is 2.07. The van der Waals surface area contributed by atoms with Crippen molar-refractivity contribution >= 4 is 22.5 Å². The largest absolute Gasteiger partial charge is 0.496 e. The number of H-pyrrole nitrogens is 1. The van der Waals surface area contributed by atoms with Crippen LogP contribution in [0, 0.1) is 0 Å². The summed E-state index contributed by atoms with van der Waals surface area (Å²) in [5, 5.41) is 10.8. The van der Waals surface area contributed by atoms with Gasteiger partial charge in [-0.25, -0.2) is 0 Å². The average molecular weight is 295 g/mol. The molecular formula is C17H17N3O2. The first-order valence-corrected chi connectivity index (χ1v) is 7.11. The van der Waals surface area contributed by atoms with Gasteiger partial charge in [-0.15, -0.1) is 0 Å². The zero-order chi connectivity index (χ0) is 15.4. The van der Waals surface area contributed by atoms with Crippen LogP contribution >= 0.6 is 0 Å². The molecule has 3 rings (SSSR count). The van der Waals surface area contributed by atoms with Crippen molar-refractivity contribution in [3.05, 3.63) is 54.2 Å². The molecule has 3 aromatic rings. The van der Waals surface area contributed by atoms with E-state index in [0.717, 1.165) is 27.9 Å². The first-order valence-electron chi connectivity index (χ1n) is 7.11. The van der Waals surface area contributed by atoms with Crippen molar-refractivity contribution in [2.75, 3.05) is 12.4 Å². The number of anilines is 1. The van der Waals surface area contributed by atoms with Gasteiger partial charge in [0.05, 0.1) is 18.8 Å². The number of methoxy groups -OCH3 is 1. The molecule has 1 aromatic heterocycles. The van der Waals surface area contributed by atoms with E-state index in [1.54, 1.807) is 13.3 Å². The Balaban J connectivity index is 1.62. The molecule has 5 nitrogen and oxygen atoms in total. The molecule has 0 fully saturated rings. The fourth-order valence-corrected chi connectivity index (χ4v) is 2.40. The van der Waals surface area contributed by atoms with Gasteiger partial charge in [0.1, 0.15) is 5.75 Å². The monoisotopic (exact) mass is 295 g/mol. The number of para-hydroxylation sites is 1. The minimum absolute atomic E-state index is 0.0234. The van der Waals surface area contributed by atoms with Crippen LogP contribution in [-0.4, -0.2) is 23.2 Å². The molecule has 0 aliphatic carbocycles. The number of carbonyl (C=O) groups excluding carboxylic acids is 1. The normalized spacial score (nSPS) is 10.6. The van der Waals surface area contributed by atoms with Gasteiger partial charge in [0.25, 0.3) is 0 Å². The van der Waals surface area contributed by atoms with Crippen LogP contribution < -0.4 is 10.1 Å². The molecule has 0 spiro atoms. The van der Waals surface area contributed by atoms with Crippen LogP contribution in [0.5, 0.6) is 5.75 Å². The van der Waals surface area contributed by atoms with E-state index in [9.17, 15) is 4.79 Å². The minimum atomic E-state index is -0.0234. The lowest BCUT2D eigenvalue weighted by Gasteiger charge is -2.08. The number of carbonyl (C=O) groups is 1. The van der Waals surface area contributed by atoms with Crippen LogP contribution in [-0.2, 0) is 11.2 Å². The van der Waals surface area contributed by atoms with Gasteiger partial charge in [0, 0.05) is 17.5 Å². The van der Waals surface area contributed by atoms with Gasteiger partial charge in [-0.05, 0) is 36.2 Å². The van der Waals surface area contributed by atoms with Crippen molar-refractivity contribution in [2.45, 2.75) is 12.8 Å². The summed E-state index contributed by atoms with van der Waals surface area (Å²) in [6.07, 6.45) is 2.80. The van der Waals surface area contributed by atoms with Gasteiger partial charge >= 0.3 is 0 Å². The fourth-order valence-electron chi connectivity index (χ4n) is 2.40. The van der Waals surface area contributed by atoms with Crippen molar-refractivity contribution in [1.29, 1.82) is 0 Å². The summed E-state index contributed by atoms with van der Waals surface area (Å²) in [5.74, 6) is 0.791. The number of amides is 1. The number of nitrogens with zero attached hydrogens (tertiary/aromatic N) is 1. The molecule has 0 bridgehead atoms. The van der Waals surface area contributed by atoms with Crippen LogP contribution in [0.1, 0.15) is 12.0 Å². The van der Waals surface area contributed by atoms with Gasteiger partial charge in [0.15, 0.2) is 0 Å². The van der Waals surface area contributed by atoms with Crippen molar-refractivity contribution in [3.8, 4) is 5.75 Å². The molecular weight excluding hydrogens is 278 g/mol. The number of fused-ring (bicyclic) bond motifs is 1. The molecule has 0 saturated heterocycles. The molecule has 22 heavy (non-hydrogen) atoms. The van der Waals surface area contributed by atoms with Gasteiger partial charge < -0.3 is 10.1 Å². The Labute approximate surface area is 128 Å². The van der Waals surface area contributed by atoms with Gasteiger partial charge in [-0.2, -0.15) is 5.10 Å². The lowest BCUT2D eigenvalue weighted by Crippen LogP contribution is -2.12.